The van der Waals surface area contributed by atoms with Crippen LogP contribution in [0.2, 0.25) is 0 Å². The van der Waals surface area contributed by atoms with Crippen molar-refractivity contribution in [1.82, 2.24) is 24.8 Å². The molecule has 2 N–H and O–H groups in total. The van der Waals surface area contributed by atoms with E-state index in [1.54, 1.807) is 9.42 Å². The van der Waals surface area contributed by atoms with Gasteiger partial charge in [0.25, 0.3) is 11.8 Å². The summed E-state index contributed by atoms with van der Waals surface area (Å²) in [6.45, 7) is 4.71. The van der Waals surface area contributed by atoms with Gasteiger partial charge in [-0.05, 0) is 56.4 Å². The second-order valence-electron chi connectivity index (χ2n) is 8.11. The number of aromatic nitrogens is 3. The fourth-order valence-electron chi connectivity index (χ4n) is 3.68. The number of amides is 2. The van der Waals surface area contributed by atoms with Gasteiger partial charge in [0.15, 0.2) is 5.65 Å². The molecule has 8 nitrogen and oxygen atoms in total. The number of pyridine rings is 1. The highest BCUT2D eigenvalue weighted by Gasteiger charge is 2.32. The van der Waals surface area contributed by atoms with Gasteiger partial charge in [-0.3, -0.25) is 9.59 Å². The predicted molar refractivity (Wildman–Crippen MR) is 113 cm³/mol. The van der Waals surface area contributed by atoms with Gasteiger partial charge in [-0.25, -0.2) is 9.50 Å². The molecule has 3 aromatic rings. The van der Waals surface area contributed by atoms with Gasteiger partial charge in [0.2, 0.25) is 0 Å². The number of piperidine rings is 1. The first-order valence-electron chi connectivity index (χ1n) is 9.99. The maximum absolute atomic E-state index is 12.6. The molecule has 0 aromatic carbocycles. The Morgan fingerprint density at radius 2 is 2.00 bits per heavy atom. The van der Waals surface area contributed by atoms with Crippen molar-refractivity contribution in [3.63, 3.8) is 0 Å². The van der Waals surface area contributed by atoms with Gasteiger partial charge < -0.3 is 15.3 Å². The Morgan fingerprint density at radius 1 is 1.23 bits per heavy atom. The van der Waals surface area contributed by atoms with E-state index in [2.05, 4.69) is 15.4 Å². The maximum atomic E-state index is 12.6. The molecule has 4 rings (SSSR count). The molecule has 1 aliphatic rings. The van der Waals surface area contributed by atoms with E-state index < -0.39 is 5.60 Å². The van der Waals surface area contributed by atoms with E-state index in [-0.39, 0.29) is 11.8 Å². The summed E-state index contributed by atoms with van der Waals surface area (Å²) in [5, 5.41) is 17.0. The summed E-state index contributed by atoms with van der Waals surface area (Å²) in [5.41, 5.74) is 0.379. The molecule has 0 spiro atoms. The lowest BCUT2D eigenvalue weighted by atomic mass is 9.94. The molecule has 4 heterocycles. The zero-order chi connectivity index (χ0) is 21.3. The number of hydrogen-bond acceptors (Lipinski definition) is 6. The Bertz CT molecular complexity index is 1060. The first-order valence-corrected chi connectivity index (χ1v) is 10.8. The van der Waals surface area contributed by atoms with Gasteiger partial charge >= 0.3 is 0 Å². The van der Waals surface area contributed by atoms with E-state index in [9.17, 15) is 14.7 Å². The fourth-order valence-corrected chi connectivity index (χ4v) is 4.78. The molecule has 0 atom stereocenters. The average Bonchev–Trinajstić information content (AvgIpc) is 3.40. The largest absolute Gasteiger partial charge is 0.381 e. The lowest BCUT2D eigenvalue weighted by Crippen LogP contribution is -2.48. The van der Waals surface area contributed by atoms with Crippen LogP contribution in [0.25, 0.3) is 5.65 Å². The molecule has 0 bridgehead atoms. The smallest absolute Gasteiger partial charge is 0.261 e. The standard InChI is InChI=1S/C21H25N5O3S/c1-21(2,29)20(28)25-9-7-15(8-10-25)16-4-5-17(30-16)19(27)22-11-14-3-6-18-23-13-24-26(18)12-14/h3-6,12-13,15,29H,7-11H2,1-2H3,(H,22,27). The molecule has 1 aliphatic heterocycles. The van der Waals surface area contributed by atoms with Crippen LogP contribution in [0.15, 0.2) is 36.8 Å². The Labute approximate surface area is 178 Å². The van der Waals surface area contributed by atoms with E-state index in [1.165, 1.54) is 36.4 Å². The van der Waals surface area contributed by atoms with Crippen molar-refractivity contribution in [2.45, 2.75) is 44.8 Å². The molecule has 3 aromatic heterocycles. The Hall–Kier alpha value is -2.78. The molecule has 0 aliphatic carbocycles. The molecule has 0 saturated carbocycles. The summed E-state index contributed by atoms with van der Waals surface area (Å²) in [4.78, 5) is 32.5. The molecule has 0 unspecified atom stereocenters. The average molecular weight is 428 g/mol. The predicted octanol–water partition coefficient (Wildman–Crippen LogP) is 2.20. The summed E-state index contributed by atoms with van der Waals surface area (Å²) in [6.07, 6.45) is 5.02. The number of nitrogens with zero attached hydrogens (tertiary/aromatic N) is 4. The molecular weight excluding hydrogens is 402 g/mol. The number of nitrogens with one attached hydrogen (secondary N) is 1. The fraction of sp³-hybridized carbons (Fsp3) is 0.429. The van der Waals surface area contributed by atoms with Crippen LogP contribution in [-0.2, 0) is 11.3 Å². The van der Waals surface area contributed by atoms with E-state index in [1.807, 2.05) is 30.5 Å². The summed E-state index contributed by atoms with van der Waals surface area (Å²) >= 11 is 1.51. The topological polar surface area (TPSA) is 99.8 Å². The molecule has 1 saturated heterocycles. The highest BCUT2D eigenvalue weighted by Crippen LogP contribution is 2.33. The number of rotatable bonds is 5. The van der Waals surface area contributed by atoms with Crippen LogP contribution in [0.3, 0.4) is 0 Å². The van der Waals surface area contributed by atoms with Crippen LogP contribution < -0.4 is 5.32 Å². The molecule has 9 heteroatoms. The normalized spacial score (nSPS) is 15.5. The summed E-state index contributed by atoms with van der Waals surface area (Å²) in [7, 11) is 0. The summed E-state index contributed by atoms with van der Waals surface area (Å²) in [5.74, 6) is 0.00739. The van der Waals surface area contributed by atoms with Gasteiger partial charge in [0, 0.05) is 30.7 Å². The SMILES string of the molecule is CC(C)(O)C(=O)N1CCC(c2ccc(C(=O)NCc3ccc4ncnn4c3)s2)CC1. The highest BCUT2D eigenvalue weighted by molar-refractivity contribution is 7.14. The number of thiophene rings is 1. The van der Waals surface area contributed by atoms with E-state index in [0.717, 1.165) is 24.1 Å². The third-order valence-electron chi connectivity index (χ3n) is 5.35. The number of likely N-dealkylation sites (tertiary alicyclic amines) is 1. The van der Waals surface area contributed by atoms with Gasteiger partial charge in [-0.2, -0.15) is 5.10 Å². The highest BCUT2D eigenvalue weighted by atomic mass is 32.1. The Morgan fingerprint density at radius 3 is 2.73 bits per heavy atom. The van der Waals surface area contributed by atoms with Crippen LogP contribution in [0, 0.1) is 0 Å². The van der Waals surface area contributed by atoms with Crippen molar-refractivity contribution in [2.24, 2.45) is 0 Å². The minimum Gasteiger partial charge on any atom is -0.381 e. The first kappa shape index (κ1) is 20.5. The zero-order valence-electron chi connectivity index (χ0n) is 17.0. The third-order valence-corrected chi connectivity index (χ3v) is 6.59. The summed E-state index contributed by atoms with van der Waals surface area (Å²) < 4.78 is 1.68. The Kier molecular flexibility index (Phi) is 5.57. The number of hydrogen-bond donors (Lipinski definition) is 2. The van der Waals surface area contributed by atoms with Crippen LogP contribution >= 0.6 is 11.3 Å². The van der Waals surface area contributed by atoms with Crippen molar-refractivity contribution in [3.05, 3.63) is 52.1 Å². The van der Waals surface area contributed by atoms with Crippen LogP contribution in [0.1, 0.15) is 52.7 Å². The molecule has 30 heavy (non-hydrogen) atoms. The minimum atomic E-state index is -1.33. The quantitative estimate of drug-likeness (QED) is 0.650. The number of carbonyl (C=O) groups excluding carboxylic acids is 2. The van der Waals surface area contributed by atoms with Gasteiger partial charge in [0.1, 0.15) is 11.9 Å². The van der Waals surface area contributed by atoms with Crippen molar-refractivity contribution in [2.75, 3.05) is 13.1 Å². The minimum absolute atomic E-state index is 0.0976. The van der Waals surface area contributed by atoms with Crippen molar-refractivity contribution < 1.29 is 14.7 Å². The Balaban J connectivity index is 1.32. The van der Waals surface area contributed by atoms with Crippen molar-refractivity contribution >= 4 is 28.8 Å². The summed E-state index contributed by atoms with van der Waals surface area (Å²) in [6, 6.07) is 7.67. The lowest BCUT2D eigenvalue weighted by molar-refractivity contribution is -0.148. The second kappa shape index (κ2) is 8.16. The van der Waals surface area contributed by atoms with Crippen molar-refractivity contribution in [3.8, 4) is 0 Å². The van der Waals surface area contributed by atoms with Gasteiger partial charge in [-0.15, -0.1) is 11.3 Å². The molecular formula is C21H25N5O3S. The van der Waals surface area contributed by atoms with Gasteiger partial charge in [-0.1, -0.05) is 6.07 Å². The number of carbonyl (C=O) groups is 2. The third kappa shape index (κ3) is 4.36. The van der Waals surface area contributed by atoms with Gasteiger partial charge in [0.05, 0.1) is 4.88 Å². The van der Waals surface area contributed by atoms with Crippen molar-refractivity contribution in [1.29, 1.82) is 0 Å². The molecule has 1 fully saturated rings. The number of aliphatic hydroxyl groups is 1. The van der Waals surface area contributed by atoms with Crippen LogP contribution in [0.4, 0.5) is 0 Å². The maximum Gasteiger partial charge on any atom is 0.261 e. The molecule has 158 valence electrons. The monoisotopic (exact) mass is 427 g/mol. The first-order chi connectivity index (χ1) is 14.3. The van der Waals surface area contributed by atoms with E-state index in [0.29, 0.717) is 30.4 Å². The second-order valence-corrected chi connectivity index (χ2v) is 9.23. The molecule has 2 amide bonds. The zero-order valence-corrected chi connectivity index (χ0v) is 17.9. The molecule has 0 radical (unpaired) electrons. The van der Waals surface area contributed by atoms with E-state index >= 15 is 0 Å². The van der Waals surface area contributed by atoms with E-state index in [4.69, 9.17) is 0 Å². The van der Waals surface area contributed by atoms with Crippen LogP contribution in [0.5, 0.6) is 0 Å². The number of fused-ring (bicyclic) bond motifs is 1. The lowest BCUT2D eigenvalue weighted by Gasteiger charge is -2.34. The van der Waals surface area contributed by atoms with Crippen LogP contribution in [-0.4, -0.2) is 55.1 Å².